The zero-order valence-corrected chi connectivity index (χ0v) is 11.8. The van der Waals surface area contributed by atoms with Crippen molar-refractivity contribution < 1.29 is 9.21 Å². The Bertz CT molecular complexity index is 769. The van der Waals surface area contributed by atoms with E-state index in [0.717, 1.165) is 11.8 Å². The molecule has 2 nitrogen and oxygen atoms in total. The minimum absolute atomic E-state index is 0.125. The second-order valence-corrected chi connectivity index (χ2v) is 5.06. The topological polar surface area (TPSA) is 30.2 Å². The maximum Gasteiger partial charge on any atom is 0.228 e. The van der Waals surface area contributed by atoms with E-state index in [-0.39, 0.29) is 5.78 Å². The Hall–Kier alpha value is -2.06. The number of aryl methyl sites for hydroxylation is 1. The van der Waals surface area contributed by atoms with Gasteiger partial charge in [0.05, 0.1) is 5.02 Å². The van der Waals surface area contributed by atoms with E-state index in [4.69, 9.17) is 16.0 Å². The van der Waals surface area contributed by atoms with Gasteiger partial charge in [0.2, 0.25) is 5.78 Å². The lowest BCUT2D eigenvalue weighted by Gasteiger charge is -1.99. The molecule has 0 saturated carbocycles. The Balaban J connectivity index is 2.01. The van der Waals surface area contributed by atoms with Crippen LogP contribution in [0.15, 0.2) is 52.9 Å². The van der Waals surface area contributed by atoms with E-state index >= 15 is 0 Å². The van der Waals surface area contributed by atoms with Gasteiger partial charge in [-0.2, -0.15) is 0 Å². The SMILES string of the molecule is CCc1ccc(C(=O)c2cc3cccc(Cl)c3o2)cc1. The number of hydrogen-bond donors (Lipinski definition) is 0. The van der Waals surface area contributed by atoms with Crippen LogP contribution in [0.3, 0.4) is 0 Å². The van der Waals surface area contributed by atoms with Crippen LogP contribution >= 0.6 is 11.6 Å². The van der Waals surface area contributed by atoms with Crippen molar-refractivity contribution in [3.63, 3.8) is 0 Å². The van der Waals surface area contributed by atoms with Crippen molar-refractivity contribution in [1.29, 1.82) is 0 Å². The molecule has 0 aliphatic heterocycles. The van der Waals surface area contributed by atoms with Crippen molar-refractivity contribution >= 4 is 28.4 Å². The molecule has 3 heteroatoms. The molecule has 100 valence electrons. The molecular formula is C17H13ClO2. The first-order valence-corrected chi connectivity index (χ1v) is 6.88. The van der Waals surface area contributed by atoms with Crippen LogP contribution in [0.2, 0.25) is 5.02 Å². The van der Waals surface area contributed by atoms with Gasteiger partial charge in [0, 0.05) is 10.9 Å². The molecule has 0 fully saturated rings. The van der Waals surface area contributed by atoms with Gasteiger partial charge in [0.15, 0.2) is 11.3 Å². The minimum Gasteiger partial charge on any atom is -0.451 e. The number of rotatable bonds is 3. The predicted molar refractivity (Wildman–Crippen MR) is 80.5 cm³/mol. The molecule has 0 aliphatic rings. The van der Waals surface area contributed by atoms with E-state index < -0.39 is 0 Å². The number of fused-ring (bicyclic) bond motifs is 1. The number of halogens is 1. The maximum atomic E-state index is 12.4. The Labute approximate surface area is 122 Å². The number of para-hydroxylation sites is 1. The fourth-order valence-corrected chi connectivity index (χ4v) is 2.39. The lowest BCUT2D eigenvalue weighted by Crippen LogP contribution is -1.99. The zero-order valence-electron chi connectivity index (χ0n) is 11.0. The largest absolute Gasteiger partial charge is 0.451 e. The molecule has 0 saturated heterocycles. The van der Waals surface area contributed by atoms with E-state index in [1.807, 2.05) is 36.4 Å². The third-order valence-corrected chi connectivity index (χ3v) is 3.64. The van der Waals surface area contributed by atoms with Crippen molar-refractivity contribution in [2.75, 3.05) is 0 Å². The average molecular weight is 285 g/mol. The van der Waals surface area contributed by atoms with Gasteiger partial charge in [-0.25, -0.2) is 0 Å². The quantitative estimate of drug-likeness (QED) is 0.642. The third-order valence-electron chi connectivity index (χ3n) is 3.34. The second-order valence-electron chi connectivity index (χ2n) is 4.65. The van der Waals surface area contributed by atoms with Crippen molar-refractivity contribution in [2.24, 2.45) is 0 Å². The average Bonchev–Trinajstić information content (AvgIpc) is 2.92. The standard InChI is InChI=1S/C17H13ClO2/c1-2-11-6-8-12(9-7-11)16(19)15-10-13-4-3-5-14(18)17(13)20-15/h3-10H,2H2,1H3. The molecule has 1 aromatic heterocycles. The van der Waals surface area contributed by atoms with Crippen LogP contribution < -0.4 is 0 Å². The van der Waals surface area contributed by atoms with Crippen molar-refractivity contribution in [1.82, 2.24) is 0 Å². The molecule has 0 spiro atoms. The first-order valence-electron chi connectivity index (χ1n) is 6.50. The molecule has 0 radical (unpaired) electrons. The summed E-state index contributed by atoms with van der Waals surface area (Å²) in [7, 11) is 0. The van der Waals surface area contributed by atoms with E-state index in [1.54, 1.807) is 12.1 Å². The van der Waals surface area contributed by atoms with Crippen LogP contribution in [-0.4, -0.2) is 5.78 Å². The lowest BCUT2D eigenvalue weighted by molar-refractivity contribution is 0.101. The minimum atomic E-state index is -0.125. The molecule has 0 amide bonds. The summed E-state index contributed by atoms with van der Waals surface area (Å²) in [4.78, 5) is 12.4. The fourth-order valence-electron chi connectivity index (χ4n) is 2.17. The zero-order chi connectivity index (χ0) is 14.1. The van der Waals surface area contributed by atoms with Crippen molar-refractivity contribution in [3.05, 3.63) is 70.4 Å². The molecule has 0 unspecified atom stereocenters. The van der Waals surface area contributed by atoms with Crippen LogP contribution in [-0.2, 0) is 6.42 Å². The van der Waals surface area contributed by atoms with E-state index in [9.17, 15) is 4.79 Å². The molecule has 2 aromatic carbocycles. The van der Waals surface area contributed by atoms with Crippen LogP contribution in [0, 0.1) is 0 Å². The third kappa shape index (κ3) is 2.23. The number of benzene rings is 2. The Morgan fingerprint density at radius 2 is 1.90 bits per heavy atom. The van der Waals surface area contributed by atoms with Gasteiger partial charge < -0.3 is 4.42 Å². The summed E-state index contributed by atoms with van der Waals surface area (Å²) in [6.07, 6.45) is 0.953. The fraction of sp³-hybridized carbons (Fsp3) is 0.118. The summed E-state index contributed by atoms with van der Waals surface area (Å²) in [5, 5.41) is 1.36. The second kappa shape index (κ2) is 5.14. The van der Waals surface area contributed by atoms with Gasteiger partial charge in [-0.05, 0) is 24.1 Å². The van der Waals surface area contributed by atoms with E-state index in [0.29, 0.717) is 21.9 Å². The maximum absolute atomic E-state index is 12.4. The van der Waals surface area contributed by atoms with E-state index in [1.165, 1.54) is 5.56 Å². The van der Waals surface area contributed by atoms with Crippen LogP contribution in [0.4, 0.5) is 0 Å². The molecule has 1 heterocycles. The molecule has 0 aliphatic carbocycles. The van der Waals surface area contributed by atoms with Gasteiger partial charge in [-0.15, -0.1) is 0 Å². The van der Waals surface area contributed by atoms with Crippen LogP contribution in [0.1, 0.15) is 28.6 Å². The molecule has 3 rings (SSSR count). The molecule has 0 N–H and O–H groups in total. The summed E-state index contributed by atoms with van der Waals surface area (Å²) in [5.41, 5.74) is 2.38. The monoisotopic (exact) mass is 284 g/mol. The van der Waals surface area contributed by atoms with Crippen LogP contribution in [0.5, 0.6) is 0 Å². The summed E-state index contributed by atoms with van der Waals surface area (Å²) in [5.74, 6) is 0.192. The van der Waals surface area contributed by atoms with Crippen molar-refractivity contribution in [2.45, 2.75) is 13.3 Å². The van der Waals surface area contributed by atoms with Crippen molar-refractivity contribution in [3.8, 4) is 0 Å². The molecule has 0 bridgehead atoms. The summed E-state index contributed by atoms with van der Waals surface area (Å²) < 4.78 is 5.59. The molecular weight excluding hydrogens is 272 g/mol. The summed E-state index contributed by atoms with van der Waals surface area (Å²) >= 11 is 6.06. The smallest absolute Gasteiger partial charge is 0.228 e. The molecule has 3 aromatic rings. The highest BCUT2D eigenvalue weighted by Gasteiger charge is 2.15. The summed E-state index contributed by atoms with van der Waals surface area (Å²) in [6.45, 7) is 2.08. The van der Waals surface area contributed by atoms with Gasteiger partial charge in [0.1, 0.15) is 0 Å². The highest BCUT2D eigenvalue weighted by molar-refractivity contribution is 6.35. The highest BCUT2D eigenvalue weighted by atomic mass is 35.5. The number of ketones is 1. The Morgan fingerprint density at radius 1 is 1.15 bits per heavy atom. The first kappa shape index (κ1) is 12.9. The molecule has 0 atom stereocenters. The molecule has 20 heavy (non-hydrogen) atoms. The van der Waals surface area contributed by atoms with Gasteiger partial charge in [0.25, 0.3) is 0 Å². The number of furan rings is 1. The Morgan fingerprint density at radius 3 is 2.55 bits per heavy atom. The predicted octanol–water partition coefficient (Wildman–Crippen LogP) is 4.88. The number of carbonyl (C=O) groups is 1. The Kier molecular flexibility index (Phi) is 3.33. The lowest BCUT2D eigenvalue weighted by atomic mass is 10.1. The van der Waals surface area contributed by atoms with E-state index in [2.05, 4.69) is 6.92 Å². The van der Waals surface area contributed by atoms with Gasteiger partial charge in [-0.1, -0.05) is 54.9 Å². The number of hydrogen-bond acceptors (Lipinski definition) is 2. The normalized spacial score (nSPS) is 10.9. The first-order chi connectivity index (χ1) is 9.69. The van der Waals surface area contributed by atoms with Gasteiger partial charge >= 0.3 is 0 Å². The summed E-state index contributed by atoms with van der Waals surface area (Å²) in [6, 6.07) is 14.8. The highest BCUT2D eigenvalue weighted by Crippen LogP contribution is 2.27. The van der Waals surface area contributed by atoms with Gasteiger partial charge in [-0.3, -0.25) is 4.79 Å². The number of carbonyl (C=O) groups excluding carboxylic acids is 1. The van der Waals surface area contributed by atoms with Crippen LogP contribution in [0.25, 0.3) is 11.0 Å².